The van der Waals surface area contributed by atoms with Gasteiger partial charge in [-0.1, -0.05) is 11.6 Å². The lowest BCUT2D eigenvalue weighted by Gasteiger charge is -2.09. The number of phenols is 1. The van der Waals surface area contributed by atoms with E-state index in [1.807, 2.05) is 0 Å². The Morgan fingerprint density at radius 2 is 2.14 bits per heavy atom. The lowest BCUT2D eigenvalue weighted by atomic mass is 10.1. The number of halogens is 2. The highest BCUT2D eigenvalue weighted by Crippen LogP contribution is 2.28. The summed E-state index contributed by atoms with van der Waals surface area (Å²) in [5.41, 5.74) is 4.91. The highest BCUT2D eigenvalue weighted by molar-refractivity contribution is 6.32. The second-order valence-corrected chi connectivity index (χ2v) is 3.05. The summed E-state index contributed by atoms with van der Waals surface area (Å²) in [6.07, 6.45) is 0. The molecule has 1 aromatic rings. The van der Waals surface area contributed by atoms with Crippen molar-refractivity contribution in [2.24, 2.45) is 5.73 Å². The van der Waals surface area contributed by atoms with E-state index in [0.29, 0.717) is 0 Å². The van der Waals surface area contributed by atoms with Crippen LogP contribution in [0.3, 0.4) is 0 Å². The van der Waals surface area contributed by atoms with Crippen molar-refractivity contribution in [1.29, 1.82) is 0 Å². The number of hydrogen-bond donors (Lipinski definition) is 3. The van der Waals surface area contributed by atoms with E-state index in [1.54, 1.807) is 0 Å². The van der Waals surface area contributed by atoms with Crippen molar-refractivity contribution in [3.8, 4) is 5.75 Å². The largest absolute Gasteiger partial charge is 0.506 e. The molecule has 4 nitrogen and oxygen atoms in total. The molecular weight excluding hydrogens is 213 g/mol. The van der Waals surface area contributed by atoms with E-state index in [-0.39, 0.29) is 10.6 Å². The molecule has 0 aliphatic carbocycles. The molecule has 0 saturated carbocycles. The van der Waals surface area contributed by atoms with E-state index < -0.39 is 23.6 Å². The predicted molar refractivity (Wildman–Crippen MR) is 47.6 cm³/mol. The minimum atomic E-state index is -1.49. The molecule has 14 heavy (non-hydrogen) atoms. The zero-order chi connectivity index (χ0) is 10.9. The van der Waals surface area contributed by atoms with Crippen LogP contribution in [-0.2, 0) is 4.79 Å². The minimum absolute atomic E-state index is 0.141. The standard InChI is InChI=1S/C8H7ClFNO3/c9-4-1-3(7(11)8(13)14)5(10)2-6(4)12/h1-2,7,12H,11H2,(H,13,14). The van der Waals surface area contributed by atoms with Crippen molar-refractivity contribution in [1.82, 2.24) is 0 Å². The van der Waals surface area contributed by atoms with E-state index in [4.69, 9.17) is 27.5 Å². The van der Waals surface area contributed by atoms with Gasteiger partial charge >= 0.3 is 5.97 Å². The first-order valence-electron chi connectivity index (χ1n) is 3.59. The Morgan fingerprint density at radius 3 is 2.64 bits per heavy atom. The average molecular weight is 220 g/mol. The summed E-state index contributed by atoms with van der Waals surface area (Å²) in [5, 5.41) is 17.4. The van der Waals surface area contributed by atoms with Gasteiger partial charge < -0.3 is 15.9 Å². The number of aliphatic carboxylic acids is 1. The Kier molecular flexibility index (Phi) is 2.93. The van der Waals surface area contributed by atoms with Gasteiger partial charge in [-0.2, -0.15) is 0 Å². The fourth-order valence-corrected chi connectivity index (χ4v) is 1.10. The van der Waals surface area contributed by atoms with E-state index in [0.717, 1.165) is 12.1 Å². The number of benzene rings is 1. The van der Waals surface area contributed by atoms with Gasteiger partial charge in [-0.3, -0.25) is 4.79 Å². The molecule has 0 radical (unpaired) electrons. The van der Waals surface area contributed by atoms with E-state index >= 15 is 0 Å². The first-order chi connectivity index (χ1) is 6.43. The van der Waals surface area contributed by atoms with Gasteiger partial charge in [0.1, 0.15) is 17.6 Å². The molecule has 0 amide bonds. The van der Waals surface area contributed by atoms with Crippen molar-refractivity contribution < 1.29 is 19.4 Å². The summed E-state index contributed by atoms with van der Waals surface area (Å²) in [5.74, 6) is -2.72. The van der Waals surface area contributed by atoms with Crippen LogP contribution in [0.4, 0.5) is 4.39 Å². The van der Waals surface area contributed by atoms with Gasteiger partial charge in [-0.25, -0.2) is 4.39 Å². The molecule has 6 heteroatoms. The first-order valence-corrected chi connectivity index (χ1v) is 3.97. The molecular formula is C8H7ClFNO3. The molecule has 0 saturated heterocycles. The van der Waals surface area contributed by atoms with Crippen LogP contribution in [0.2, 0.25) is 5.02 Å². The lowest BCUT2D eigenvalue weighted by Crippen LogP contribution is -2.21. The van der Waals surface area contributed by atoms with Gasteiger partial charge in [0.05, 0.1) is 5.02 Å². The fraction of sp³-hybridized carbons (Fsp3) is 0.125. The van der Waals surface area contributed by atoms with Crippen LogP contribution >= 0.6 is 11.6 Å². The number of carboxylic acids is 1. The molecule has 0 fully saturated rings. The monoisotopic (exact) mass is 219 g/mol. The maximum Gasteiger partial charge on any atom is 0.325 e. The maximum atomic E-state index is 13.1. The average Bonchev–Trinajstić information content (AvgIpc) is 2.10. The van der Waals surface area contributed by atoms with Gasteiger partial charge in [-0.15, -0.1) is 0 Å². The maximum absolute atomic E-state index is 13.1. The summed E-state index contributed by atoms with van der Waals surface area (Å²) in [6, 6.07) is 0.221. The number of carboxylic acid groups (broad SMARTS) is 1. The summed E-state index contributed by atoms with van der Waals surface area (Å²) < 4.78 is 13.1. The number of phenolic OH excluding ortho intramolecular Hbond substituents is 1. The zero-order valence-corrected chi connectivity index (χ0v) is 7.62. The quantitative estimate of drug-likeness (QED) is 0.699. The smallest absolute Gasteiger partial charge is 0.325 e. The predicted octanol–water partition coefficient (Wildman–Crippen LogP) is 1.27. The lowest BCUT2D eigenvalue weighted by molar-refractivity contribution is -0.138. The molecule has 1 unspecified atom stereocenters. The molecule has 4 N–H and O–H groups in total. The Morgan fingerprint density at radius 1 is 1.57 bits per heavy atom. The molecule has 0 bridgehead atoms. The first kappa shape index (κ1) is 10.7. The Balaban J connectivity index is 3.22. The van der Waals surface area contributed by atoms with E-state index in [2.05, 4.69) is 0 Å². The number of aromatic hydroxyl groups is 1. The van der Waals surface area contributed by atoms with E-state index in [1.165, 1.54) is 0 Å². The molecule has 0 aliphatic rings. The highest BCUT2D eigenvalue weighted by Gasteiger charge is 2.20. The fourth-order valence-electron chi connectivity index (χ4n) is 0.923. The molecule has 0 heterocycles. The summed E-state index contributed by atoms with van der Waals surface area (Å²) in [7, 11) is 0. The SMILES string of the molecule is NC(C(=O)O)c1cc(Cl)c(O)cc1F. The van der Waals surface area contributed by atoms with Crippen LogP contribution in [0, 0.1) is 5.82 Å². The number of carbonyl (C=O) groups is 1. The van der Waals surface area contributed by atoms with Crippen molar-refractivity contribution in [2.45, 2.75) is 6.04 Å². The third-order valence-electron chi connectivity index (χ3n) is 1.67. The zero-order valence-electron chi connectivity index (χ0n) is 6.87. The van der Waals surface area contributed by atoms with Gasteiger partial charge in [0.2, 0.25) is 0 Å². The van der Waals surface area contributed by atoms with Gasteiger partial charge in [0, 0.05) is 11.6 Å². The van der Waals surface area contributed by atoms with Crippen LogP contribution in [0.15, 0.2) is 12.1 Å². The Bertz CT molecular complexity index is 383. The van der Waals surface area contributed by atoms with Gasteiger partial charge in [-0.05, 0) is 6.07 Å². The molecule has 0 spiro atoms. The van der Waals surface area contributed by atoms with Crippen molar-refractivity contribution >= 4 is 17.6 Å². The summed E-state index contributed by atoms with van der Waals surface area (Å²) in [6.45, 7) is 0. The Labute approximate surface area is 83.7 Å². The molecule has 1 atom stereocenters. The normalized spacial score (nSPS) is 12.5. The molecule has 1 rings (SSSR count). The molecule has 1 aromatic carbocycles. The van der Waals surface area contributed by atoms with Crippen LogP contribution in [0.1, 0.15) is 11.6 Å². The van der Waals surface area contributed by atoms with Gasteiger partial charge in [0.15, 0.2) is 0 Å². The second-order valence-electron chi connectivity index (χ2n) is 2.64. The minimum Gasteiger partial charge on any atom is -0.506 e. The third kappa shape index (κ3) is 1.94. The number of rotatable bonds is 2. The second kappa shape index (κ2) is 3.81. The van der Waals surface area contributed by atoms with Gasteiger partial charge in [0.25, 0.3) is 0 Å². The van der Waals surface area contributed by atoms with Crippen LogP contribution in [-0.4, -0.2) is 16.2 Å². The van der Waals surface area contributed by atoms with Crippen molar-refractivity contribution in [3.05, 3.63) is 28.5 Å². The molecule has 0 aromatic heterocycles. The van der Waals surface area contributed by atoms with Crippen LogP contribution < -0.4 is 5.73 Å². The summed E-state index contributed by atoms with van der Waals surface area (Å²) >= 11 is 5.47. The summed E-state index contributed by atoms with van der Waals surface area (Å²) in [4.78, 5) is 10.5. The highest BCUT2D eigenvalue weighted by atomic mass is 35.5. The topological polar surface area (TPSA) is 83.6 Å². The van der Waals surface area contributed by atoms with Crippen LogP contribution in [0.25, 0.3) is 0 Å². The number of hydrogen-bond acceptors (Lipinski definition) is 3. The molecule has 0 aliphatic heterocycles. The Hall–Kier alpha value is -1.33. The van der Waals surface area contributed by atoms with Crippen molar-refractivity contribution in [2.75, 3.05) is 0 Å². The van der Waals surface area contributed by atoms with Crippen molar-refractivity contribution in [3.63, 3.8) is 0 Å². The molecule has 76 valence electrons. The number of nitrogens with two attached hydrogens (primary N) is 1. The van der Waals surface area contributed by atoms with Crippen LogP contribution in [0.5, 0.6) is 5.75 Å². The van der Waals surface area contributed by atoms with E-state index in [9.17, 15) is 9.18 Å². The third-order valence-corrected chi connectivity index (χ3v) is 1.97.